The predicted molar refractivity (Wildman–Crippen MR) is 123 cm³/mol. The van der Waals surface area contributed by atoms with Crippen LogP contribution in [0.3, 0.4) is 0 Å². The topological polar surface area (TPSA) is 113 Å². The molecule has 2 atom stereocenters. The fourth-order valence-electron chi connectivity index (χ4n) is 3.46. The number of carbonyl (C=O) groups excluding carboxylic acids is 1. The average Bonchev–Trinajstić information content (AvgIpc) is 2.83. The van der Waals surface area contributed by atoms with E-state index in [9.17, 15) is 19.5 Å². The van der Waals surface area contributed by atoms with Gasteiger partial charge in [0.1, 0.15) is 12.3 Å². The van der Waals surface area contributed by atoms with Crippen molar-refractivity contribution < 1.29 is 29.3 Å². The number of carbonyl (C=O) groups is 3. The Balaban J connectivity index is 1.77. The number of rotatable bonds is 11. The van der Waals surface area contributed by atoms with Crippen molar-refractivity contribution in [3.63, 3.8) is 0 Å². The summed E-state index contributed by atoms with van der Waals surface area (Å²) in [4.78, 5) is 35.5. The maximum Gasteiger partial charge on any atom is 0.344 e. The molecule has 3 aromatic carbocycles. The Morgan fingerprint density at radius 3 is 1.94 bits per heavy atom. The fourth-order valence-corrected chi connectivity index (χ4v) is 3.46. The van der Waals surface area contributed by atoms with E-state index < -0.39 is 36.4 Å². The van der Waals surface area contributed by atoms with Crippen LogP contribution >= 0.6 is 0 Å². The SMILES string of the molecule is O=C(O)CNC(=O)[C@@H](Cc1ccc(-c2ccccc2)cc1)CC(Oc1ccccc1)C(=O)O. The summed E-state index contributed by atoms with van der Waals surface area (Å²) in [5, 5.41) is 20.9. The molecule has 0 heterocycles. The normalized spacial score (nSPS) is 12.4. The monoisotopic (exact) mass is 447 g/mol. The van der Waals surface area contributed by atoms with Crippen LogP contribution < -0.4 is 10.1 Å². The zero-order valence-electron chi connectivity index (χ0n) is 17.9. The molecule has 33 heavy (non-hydrogen) atoms. The third kappa shape index (κ3) is 7.21. The van der Waals surface area contributed by atoms with Gasteiger partial charge in [-0.15, -0.1) is 0 Å². The second kappa shape index (κ2) is 11.5. The number of amides is 1. The molecule has 7 nitrogen and oxygen atoms in total. The van der Waals surface area contributed by atoms with Gasteiger partial charge in [0.05, 0.1) is 0 Å². The Kier molecular flexibility index (Phi) is 8.18. The van der Waals surface area contributed by atoms with Crippen LogP contribution in [0.5, 0.6) is 5.75 Å². The molecule has 0 spiro atoms. The van der Waals surface area contributed by atoms with Crippen LogP contribution in [0.4, 0.5) is 0 Å². The molecule has 0 radical (unpaired) electrons. The van der Waals surface area contributed by atoms with E-state index >= 15 is 0 Å². The number of aliphatic carboxylic acids is 2. The molecule has 0 aliphatic rings. The van der Waals surface area contributed by atoms with Gasteiger partial charge in [-0.25, -0.2) is 4.79 Å². The molecule has 170 valence electrons. The van der Waals surface area contributed by atoms with Crippen molar-refractivity contribution in [1.82, 2.24) is 5.32 Å². The van der Waals surface area contributed by atoms with Gasteiger partial charge in [-0.2, -0.15) is 0 Å². The Morgan fingerprint density at radius 1 is 0.788 bits per heavy atom. The molecule has 7 heteroatoms. The Labute approximate surface area is 191 Å². The minimum absolute atomic E-state index is 0.115. The molecule has 3 aromatic rings. The summed E-state index contributed by atoms with van der Waals surface area (Å²) in [6.07, 6.45) is -1.14. The van der Waals surface area contributed by atoms with Gasteiger partial charge in [0.2, 0.25) is 5.91 Å². The Hall–Kier alpha value is -4.13. The first-order valence-corrected chi connectivity index (χ1v) is 10.5. The lowest BCUT2D eigenvalue weighted by Crippen LogP contribution is -2.39. The van der Waals surface area contributed by atoms with E-state index in [0.717, 1.165) is 16.7 Å². The lowest BCUT2D eigenvalue weighted by Gasteiger charge is -2.22. The van der Waals surface area contributed by atoms with E-state index in [1.807, 2.05) is 54.6 Å². The molecule has 0 aliphatic heterocycles. The van der Waals surface area contributed by atoms with Crippen LogP contribution in [0, 0.1) is 5.92 Å². The standard InChI is InChI=1S/C26H25NO6/c28-24(29)17-27-25(30)21(16-23(26(31)32)33-22-9-5-2-6-10-22)15-18-11-13-20(14-12-18)19-7-3-1-4-8-19/h1-14,21,23H,15-17H2,(H,27,30)(H,28,29)(H,31,32)/t21-,23?/m0/s1. The quantitative estimate of drug-likeness (QED) is 0.414. The van der Waals surface area contributed by atoms with E-state index in [-0.39, 0.29) is 12.8 Å². The van der Waals surface area contributed by atoms with Crippen molar-refractivity contribution in [3.05, 3.63) is 90.5 Å². The van der Waals surface area contributed by atoms with Gasteiger partial charge < -0.3 is 20.3 Å². The van der Waals surface area contributed by atoms with Crippen molar-refractivity contribution in [2.24, 2.45) is 5.92 Å². The molecule has 3 rings (SSSR count). The molecule has 0 aromatic heterocycles. The molecule has 1 unspecified atom stereocenters. The molecule has 0 bridgehead atoms. The zero-order valence-corrected chi connectivity index (χ0v) is 17.9. The second-order valence-electron chi connectivity index (χ2n) is 7.57. The highest BCUT2D eigenvalue weighted by atomic mass is 16.5. The number of carboxylic acid groups (broad SMARTS) is 2. The molecule has 0 saturated carbocycles. The highest BCUT2D eigenvalue weighted by Crippen LogP contribution is 2.23. The highest BCUT2D eigenvalue weighted by Gasteiger charge is 2.29. The Morgan fingerprint density at radius 2 is 1.36 bits per heavy atom. The first-order valence-electron chi connectivity index (χ1n) is 10.5. The van der Waals surface area contributed by atoms with Crippen LogP contribution in [0.15, 0.2) is 84.9 Å². The van der Waals surface area contributed by atoms with E-state index in [0.29, 0.717) is 5.75 Å². The molecule has 0 saturated heterocycles. The summed E-state index contributed by atoms with van der Waals surface area (Å²) < 4.78 is 5.60. The number of para-hydroxylation sites is 1. The number of benzene rings is 3. The maximum absolute atomic E-state index is 12.7. The van der Waals surface area contributed by atoms with Gasteiger partial charge in [0.15, 0.2) is 6.10 Å². The van der Waals surface area contributed by atoms with Crippen molar-refractivity contribution in [2.45, 2.75) is 18.9 Å². The van der Waals surface area contributed by atoms with Crippen LogP contribution in [-0.2, 0) is 20.8 Å². The smallest absolute Gasteiger partial charge is 0.344 e. The van der Waals surface area contributed by atoms with E-state index in [1.165, 1.54) is 0 Å². The number of hydrogen-bond acceptors (Lipinski definition) is 4. The summed E-state index contributed by atoms with van der Waals surface area (Å²) in [6, 6.07) is 26.0. The fraction of sp³-hybridized carbons (Fsp3) is 0.192. The minimum atomic E-state index is -1.27. The molecule has 0 fully saturated rings. The minimum Gasteiger partial charge on any atom is -0.480 e. The lowest BCUT2D eigenvalue weighted by atomic mass is 9.91. The van der Waals surface area contributed by atoms with Gasteiger partial charge in [-0.3, -0.25) is 9.59 Å². The Bertz CT molecular complexity index is 1070. The molecule has 0 aliphatic carbocycles. The van der Waals surface area contributed by atoms with Gasteiger partial charge >= 0.3 is 11.9 Å². The van der Waals surface area contributed by atoms with E-state index in [1.54, 1.807) is 30.3 Å². The number of carboxylic acids is 2. The van der Waals surface area contributed by atoms with Crippen LogP contribution in [-0.4, -0.2) is 40.7 Å². The number of nitrogens with one attached hydrogen (secondary N) is 1. The number of hydrogen-bond donors (Lipinski definition) is 3. The second-order valence-corrected chi connectivity index (χ2v) is 7.57. The van der Waals surface area contributed by atoms with E-state index in [4.69, 9.17) is 9.84 Å². The highest BCUT2D eigenvalue weighted by molar-refractivity contribution is 5.84. The van der Waals surface area contributed by atoms with Gasteiger partial charge in [-0.05, 0) is 35.2 Å². The summed E-state index contributed by atoms with van der Waals surface area (Å²) in [6.45, 7) is -0.542. The van der Waals surface area contributed by atoms with Crippen LogP contribution in [0.1, 0.15) is 12.0 Å². The summed E-state index contributed by atoms with van der Waals surface area (Å²) in [5.41, 5.74) is 2.90. The van der Waals surface area contributed by atoms with Crippen molar-refractivity contribution in [3.8, 4) is 16.9 Å². The van der Waals surface area contributed by atoms with Crippen molar-refractivity contribution in [2.75, 3.05) is 6.54 Å². The van der Waals surface area contributed by atoms with Gasteiger partial charge in [0, 0.05) is 12.3 Å². The van der Waals surface area contributed by atoms with Crippen molar-refractivity contribution >= 4 is 17.8 Å². The summed E-state index contributed by atoms with van der Waals surface area (Å²) in [5.74, 6) is -3.33. The largest absolute Gasteiger partial charge is 0.480 e. The molecular formula is C26H25NO6. The number of ether oxygens (including phenoxy) is 1. The summed E-state index contributed by atoms with van der Waals surface area (Å²) in [7, 11) is 0. The molecule has 3 N–H and O–H groups in total. The molecule has 1 amide bonds. The average molecular weight is 447 g/mol. The predicted octanol–water partition coefficient (Wildman–Crippen LogP) is 3.64. The van der Waals surface area contributed by atoms with Crippen molar-refractivity contribution in [1.29, 1.82) is 0 Å². The first-order chi connectivity index (χ1) is 15.9. The lowest BCUT2D eigenvalue weighted by molar-refractivity contribution is -0.146. The molecular weight excluding hydrogens is 422 g/mol. The van der Waals surface area contributed by atoms with Crippen LogP contribution in [0.25, 0.3) is 11.1 Å². The zero-order chi connectivity index (χ0) is 23.6. The van der Waals surface area contributed by atoms with Gasteiger partial charge in [-0.1, -0.05) is 72.8 Å². The first kappa shape index (κ1) is 23.5. The van der Waals surface area contributed by atoms with E-state index in [2.05, 4.69) is 5.32 Å². The maximum atomic E-state index is 12.7. The van der Waals surface area contributed by atoms with Crippen LogP contribution in [0.2, 0.25) is 0 Å². The third-order valence-electron chi connectivity index (χ3n) is 5.12. The van der Waals surface area contributed by atoms with Gasteiger partial charge in [0.25, 0.3) is 0 Å². The third-order valence-corrected chi connectivity index (χ3v) is 5.12. The summed E-state index contributed by atoms with van der Waals surface area (Å²) >= 11 is 0.